The highest BCUT2D eigenvalue weighted by atomic mass is 16.5. The second-order valence-electron chi connectivity index (χ2n) is 8.69. The fraction of sp³-hybridized carbons (Fsp3) is 0.458. The van der Waals surface area contributed by atoms with Gasteiger partial charge in [-0.25, -0.2) is 9.97 Å². The molecule has 3 heterocycles. The van der Waals surface area contributed by atoms with Gasteiger partial charge in [-0.2, -0.15) is 0 Å². The summed E-state index contributed by atoms with van der Waals surface area (Å²) in [5.74, 6) is 2.62. The Bertz CT molecular complexity index is 1050. The number of anilines is 3. The van der Waals surface area contributed by atoms with E-state index in [4.69, 9.17) is 9.47 Å². The molecule has 1 fully saturated rings. The van der Waals surface area contributed by atoms with E-state index in [-0.39, 0.29) is 17.9 Å². The zero-order valence-electron chi connectivity index (χ0n) is 18.6. The van der Waals surface area contributed by atoms with Crippen molar-refractivity contribution in [3.05, 3.63) is 47.5 Å². The van der Waals surface area contributed by atoms with Crippen molar-refractivity contribution in [3.8, 4) is 5.75 Å². The summed E-state index contributed by atoms with van der Waals surface area (Å²) in [6, 6.07) is 5.98. The van der Waals surface area contributed by atoms with E-state index in [0.29, 0.717) is 19.7 Å². The summed E-state index contributed by atoms with van der Waals surface area (Å²) in [5, 5.41) is 6.56. The van der Waals surface area contributed by atoms with Crippen LogP contribution in [0.15, 0.2) is 36.4 Å². The van der Waals surface area contributed by atoms with Gasteiger partial charge in [0.05, 0.1) is 25.1 Å². The van der Waals surface area contributed by atoms with E-state index in [1.54, 1.807) is 12.6 Å². The average molecular weight is 436 g/mol. The van der Waals surface area contributed by atoms with Crippen LogP contribution in [-0.4, -0.2) is 47.7 Å². The molecule has 1 atom stereocenters. The molecule has 168 valence electrons. The van der Waals surface area contributed by atoms with Crippen molar-refractivity contribution in [1.29, 1.82) is 0 Å². The van der Waals surface area contributed by atoms with E-state index in [1.165, 1.54) is 0 Å². The summed E-state index contributed by atoms with van der Waals surface area (Å²) in [6.07, 6.45) is 6.87. The van der Waals surface area contributed by atoms with Gasteiger partial charge in [0.2, 0.25) is 0 Å². The highest BCUT2D eigenvalue weighted by Gasteiger charge is 2.31. The predicted octanol–water partition coefficient (Wildman–Crippen LogP) is 3.76. The molecule has 0 saturated carbocycles. The Morgan fingerprint density at radius 2 is 2.16 bits per heavy atom. The summed E-state index contributed by atoms with van der Waals surface area (Å²) >= 11 is 0. The Labute approximate surface area is 188 Å². The number of allylic oxidation sites excluding steroid dienone is 1. The fourth-order valence-corrected chi connectivity index (χ4v) is 4.63. The van der Waals surface area contributed by atoms with Gasteiger partial charge in [-0.3, -0.25) is 4.79 Å². The van der Waals surface area contributed by atoms with E-state index in [2.05, 4.69) is 25.5 Å². The third-order valence-corrected chi connectivity index (χ3v) is 6.22. The maximum atomic E-state index is 12.9. The lowest BCUT2D eigenvalue weighted by Gasteiger charge is -2.28. The minimum atomic E-state index is 0.0370. The number of carbonyl (C=O) groups is 1. The van der Waals surface area contributed by atoms with Crippen LogP contribution in [0.3, 0.4) is 0 Å². The van der Waals surface area contributed by atoms with Crippen LogP contribution in [0.25, 0.3) is 0 Å². The van der Waals surface area contributed by atoms with Crippen LogP contribution < -0.4 is 20.3 Å². The van der Waals surface area contributed by atoms with Crippen LogP contribution in [0.1, 0.15) is 49.0 Å². The highest BCUT2D eigenvalue weighted by Crippen LogP contribution is 2.37. The van der Waals surface area contributed by atoms with Crippen molar-refractivity contribution in [1.82, 2.24) is 9.97 Å². The Hall–Kier alpha value is -3.29. The molecule has 3 aliphatic rings. The van der Waals surface area contributed by atoms with Crippen LogP contribution in [0, 0.1) is 0 Å². The smallest absolute Gasteiger partial charge is 0.192 e. The van der Waals surface area contributed by atoms with Gasteiger partial charge in [-0.05, 0) is 45.6 Å². The third-order valence-electron chi connectivity index (χ3n) is 6.22. The first-order valence-corrected chi connectivity index (χ1v) is 11.3. The second kappa shape index (κ2) is 8.68. The summed E-state index contributed by atoms with van der Waals surface area (Å²) in [4.78, 5) is 24.1. The molecular weight excluding hydrogens is 406 g/mol. The van der Waals surface area contributed by atoms with E-state index in [0.717, 1.165) is 65.6 Å². The molecule has 0 spiro atoms. The number of carbonyl (C=O) groups excluding carboxylic acids is 1. The number of ether oxygens (including phenoxy) is 2. The third kappa shape index (κ3) is 3.85. The number of nitrogens with one attached hydrogen (secondary N) is 2. The number of hydrogen-bond acceptors (Lipinski definition) is 8. The van der Waals surface area contributed by atoms with E-state index in [9.17, 15) is 4.79 Å². The molecule has 0 unspecified atom stereocenters. The van der Waals surface area contributed by atoms with Gasteiger partial charge < -0.3 is 25.0 Å². The summed E-state index contributed by atoms with van der Waals surface area (Å²) < 4.78 is 11.9. The first-order chi connectivity index (χ1) is 15.6. The number of nitrogens with zero attached hydrogens (tertiary/aromatic N) is 3. The van der Waals surface area contributed by atoms with Crippen molar-refractivity contribution >= 4 is 23.1 Å². The van der Waals surface area contributed by atoms with Gasteiger partial charge in [0.1, 0.15) is 24.4 Å². The summed E-state index contributed by atoms with van der Waals surface area (Å²) in [5.41, 5.74) is 3.41. The maximum absolute atomic E-state index is 12.9. The standard InChI is InChI=1S/C24H29N5O3/c1-15(2)31-11-16-8-9-18-19(22(16)30)6-3-7-20(18)32-12-17-5-4-10-29(17)24-21-23(26-13-25-21)27-14-28-24/h3,6-7,11,14-15,17,25H,4-5,8-10,12-13H2,1-2H3,(H,26,27,28)/t17-/m1/s1. The molecule has 8 nitrogen and oxygen atoms in total. The molecule has 2 aliphatic heterocycles. The van der Waals surface area contributed by atoms with E-state index >= 15 is 0 Å². The SMILES string of the molecule is CC(C)OC=C1CCc2c(OC[C@H]3CCCN3c3ncnc4c3NCN4)cccc2C1=O. The molecule has 0 amide bonds. The molecule has 0 radical (unpaired) electrons. The monoisotopic (exact) mass is 435 g/mol. The molecule has 1 saturated heterocycles. The number of hydrogen-bond donors (Lipinski definition) is 2. The molecule has 5 rings (SSSR count). The number of benzene rings is 1. The second-order valence-corrected chi connectivity index (χ2v) is 8.69. The lowest BCUT2D eigenvalue weighted by molar-refractivity contribution is 0.101. The Morgan fingerprint density at radius 1 is 1.25 bits per heavy atom. The molecular formula is C24H29N5O3. The van der Waals surface area contributed by atoms with E-state index < -0.39 is 0 Å². The highest BCUT2D eigenvalue weighted by molar-refractivity contribution is 6.11. The zero-order valence-corrected chi connectivity index (χ0v) is 18.6. The van der Waals surface area contributed by atoms with Gasteiger partial charge in [0, 0.05) is 23.2 Å². The van der Waals surface area contributed by atoms with Crippen LogP contribution in [0.2, 0.25) is 0 Å². The van der Waals surface area contributed by atoms with Crippen LogP contribution >= 0.6 is 0 Å². The molecule has 8 heteroatoms. The number of Topliss-reactive ketones (excluding diaryl/α,β-unsaturated/α-hetero) is 1. The van der Waals surface area contributed by atoms with Gasteiger partial charge >= 0.3 is 0 Å². The quantitative estimate of drug-likeness (QED) is 0.524. The Balaban J connectivity index is 1.32. The average Bonchev–Trinajstić information content (AvgIpc) is 3.46. The topological polar surface area (TPSA) is 88.6 Å². The lowest BCUT2D eigenvalue weighted by Crippen LogP contribution is -2.35. The number of fused-ring (bicyclic) bond motifs is 2. The number of aromatic nitrogens is 2. The molecule has 0 bridgehead atoms. The van der Waals surface area contributed by atoms with Crippen molar-refractivity contribution in [2.24, 2.45) is 0 Å². The van der Waals surface area contributed by atoms with Gasteiger partial charge in [-0.1, -0.05) is 12.1 Å². The Kier molecular flexibility index (Phi) is 5.59. The largest absolute Gasteiger partial charge is 0.498 e. The van der Waals surface area contributed by atoms with E-state index in [1.807, 2.05) is 32.0 Å². The molecule has 2 aromatic rings. The Morgan fingerprint density at radius 3 is 3.03 bits per heavy atom. The summed E-state index contributed by atoms with van der Waals surface area (Å²) in [6.45, 7) is 6.07. The molecule has 2 N–H and O–H groups in total. The van der Waals surface area contributed by atoms with Crippen LogP contribution in [0.4, 0.5) is 17.3 Å². The lowest BCUT2D eigenvalue weighted by atomic mass is 9.87. The first kappa shape index (κ1) is 20.6. The molecule has 1 aromatic heterocycles. The maximum Gasteiger partial charge on any atom is 0.192 e. The molecule has 1 aliphatic carbocycles. The van der Waals surface area contributed by atoms with Crippen molar-refractivity contribution in [2.45, 2.75) is 51.7 Å². The zero-order chi connectivity index (χ0) is 22.1. The number of rotatable bonds is 6. The van der Waals surface area contributed by atoms with Crippen molar-refractivity contribution in [3.63, 3.8) is 0 Å². The minimum absolute atomic E-state index is 0.0370. The molecule has 32 heavy (non-hydrogen) atoms. The van der Waals surface area contributed by atoms with Crippen LogP contribution in [-0.2, 0) is 11.2 Å². The van der Waals surface area contributed by atoms with Gasteiger partial charge in [0.15, 0.2) is 17.4 Å². The number of ketones is 1. The first-order valence-electron chi connectivity index (χ1n) is 11.3. The van der Waals surface area contributed by atoms with Crippen molar-refractivity contribution in [2.75, 3.05) is 35.4 Å². The minimum Gasteiger partial charge on any atom is -0.498 e. The van der Waals surface area contributed by atoms with Gasteiger partial charge in [-0.15, -0.1) is 0 Å². The van der Waals surface area contributed by atoms with Gasteiger partial charge in [0.25, 0.3) is 0 Å². The van der Waals surface area contributed by atoms with Crippen molar-refractivity contribution < 1.29 is 14.3 Å². The summed E-state index contributed by atoms with van der Waals surface area (Å²) in [7, 11) is 0. The normalized spacial score (nSPS) is 20.7. The van der Waals surface area contributed by atoms with Crippen LogP contribution in [0.5, 0.6) is 5.75 Å². The molecule has 1 aromatic carbocycles. The predicted molar refractivity (Wildman–Crippen MR) is 123 cm³/mol. The fourth-order valence-electron chi connectivity index (χ4n) is 4.63.